The second kappa shape index (κ2) is 6.02. The number of rotatable bonds is 6. The first-order valence-electron chi connectivity index (χ1n) is 7.80. The number of hydrogen-bond donors (Lipinski definition) is 2. The van der Waals surface area contributed by atoms with E-state index in [0.717, 1.165) is 0 Å². The third kappa shape index (κ3) is 3.43. The molecule has 0 aliphatic heterocycles. The van der Waals surface area contributed by atoms with E-state index in [2.05, 4.69) is 15.4 Å². The van der Waals surface area contributed by atoms with Crippen LogP contribution in [0.15, 0.2) is 10.5 Å². The lowest BCUT2D eigenvalue weighted by Crippen LogP contribution is -2.44. The average Bonchev–Trinajstić information content (AvgIpc) is 3.40. The summed E-state index contributed by atoms with van der Waals surface area (Å²) in [5, 5.41) is 5.88. The molecule has 2 saturated carbocycles. The molecule has 2 amide bonds. The van der Waals surface area contributed by atoms with Crippen molar-refractivity contribution in [2.24, 2.45) is 11.8 Å². The van der Waals surface area contributed by atoms with Crippen LogP contribution in [-0.2, 0) is 11.3 Å². The molecule has 2 aliphatic carbocycles. The van der Waals surface area contributed by atoms with E-state index in [1.54, 1.807) is 13.0 Å². The molecule has 0 unspecified atom stereocenters. The minimum atomic E-state index is -0.431. The summed E-state index contributed by atoms with van der Waals surface area (Å²) in [6.45, 7) is 1.96. The van der Waals surface area contributed by atoms with Crippen LogP contribution in [0.1, 0.15) is 47.6 Å². The first-order chi connectivity index (χ1) is 10.6. The van der Waals surface area contributed by atoms with Gasteiger partial charge in [-0.05, 0) is 50.5 Å². The maximum absolute atomic E-state index is 12.0. The summed E-state index contributed by atoms with van der Waals surface area (Å²) in [6.07, 6.45) is 4.89. The summed E-state index contributed by atoms with van der Waals surface area (Å²) in [5.41, 5.74) is 0.397. The van der Waals surface area contributed by atoms with Crippen LogP contribution >= 0.6 is 0 Å². The Labute approximate surface area is 129 Å². The van der Waals surface area contributed by atoms with Crippen molar-refractivity contribution >= 4 is 12.0 Å². The van der Waals surface area contributed by atoms with Gasteiger partial charge in [0.2, 0.25) is 0 Å². The lowest BCUT2D eigenvalue weighted by molar-refractivity contribution is 0.0598. The van der Waals surface area contributed by atoms with Gasteiger partial charge in [-0.2, -0.15) is 0 Å². The van der Waals surface area contributed by atoms with Gasteiger partial charge in [0.1, 0.15) is 17.1 Å². The van der Waals surface area contributed by atoms with E-state index in [4.69, 9.17) is 4.42 Å². The lowest BCUT2D eigenvalue weighted by atomic mass is 10.1. The van der Waals surface area contributed by atoms with Crippen molar-refractivity contribution in [3.05, 3.63) is 23.2 Å². The van der Waals surface area contributed by atoms with Crippen LogP contribution in [0.25, 0.3) is 0 Å². The molecule has 1 aromatic rings. The van der Waals surface area contributed by atoms with E-state index in [1.807, 2.05) is 0 Å². The van der Waals surface area contributed by atoms with E-state index in [9.17, 15) is 9.59 Å². The third-order valence-electron chi connectivity index (χ3n) is 4.35. The van der Waals surface area contributed by atoms with Gasteiger partial charge in [0, 0.05) is 6.04 Å². The van der Waals surface area contributed by atoms with Gasteiger partial charge in [-0.1, -0.05) is 0 Å². The zero-order valence-electron chi connectivity index (χ0n) is 13.0. The minimum absolute atomic E-state index is 0.169. The zero-order valence-corrected chi connectivity index (χ0v) is 13.0. The topological polar surface area (TPSA) is 80.6 Å². The Kier molecular flexibility index (Phi) is 4.09. The van der Waals surface area contributed by atoms with Crippen LogP contribution in [0, 0.1) is 18.8 Å². The number of furan rings is 1. The molecular formula is C16H22N2O4. The number of carbonyl (C=O) groups is 2. The second-order valence-corrected chi connectivity index (χ2v) is 6.20. The Hall–Kier alpha value is -1.98. The number of amides is 2. The number of nitrogens with one attached hydrogen (secondary N) is 2. The first-order valence-corrected chi connectivity index (χ1v) is 7.80. The number of aryl methyl sites for hydroxylation is 1. The van der Waals surface area contributed by atoms with Crippen molar-refractivity contribution in [3.8, 4) is 0 Å². The fraction of sp³-hybridized carbons (Fsp3) is 0.625. The number of ether oxygens (including phenoxy) is 1. The highest BCUT2D eigenvalue weighted by molar-refractivity contribution is 5.90. The lowest BCUT2D eigenvalue weighted by Gasteiger charge is -2.17. The van der Waals surface area contributed by atoms with E-state index in [0.29, 0.717) is 35.0 Å². The van der Waals surface area contributed by atoms with Gasteiger partial charge in [-0.25, -0.2) is 9.59 Å². The van der Waals surface area contributed by atoms with E-state index < -0.39 is 5.97 Å². The number of hydrogen-bond acceptors (Lipinski definition) is 4. The maximum Gasteiger partial charge on any atom is 0.341 e. The Morgan fingerprint density at radius 1 is 1.32 bits per heavy atom. The standard InChI is InChI=1S/C16H22N2O4/c1-9-13(15(19)21-2)7-12(22-9)8-17-16(20)18-14(10-3-4-10)11-5-6-11/h7,10-11,14H,3-6,8H2,1-2H3,(H2,17,18,20). The summed E-state index contributed by atoms with van der Waals surface area (Å²) >= 11 is 0. The van der Waals surface area contributed by atoms with E-state index in [1.165, 1.54) is 32.8 Å². The molecule has 0 aromatic carbocycles. The largest absolute Gasteiger partial charge is 0.465 e. The van der Waals surface area contributed by atoms with Crippen LogP contribution in [0.4, 0.5) is 4.79 Å². The van der Waals surface area contributed by atoms with Crippen molar-refractivity contribution in [1.29, 1.82) is 0 Å². The number of methoxy groups -OCH3 is 1. The normalized spacial score (nSPS) is 17.4. The highest BCUT2D eigenvalue weighted by atomic mass is 16.5. The highest BCUT2D eigenvalue weighted by Crippen LogP contribution is 2.44. The van der Waals surface area contributed by atoms with Gasteiger partial charge >= 0.3 is 12.0 Å². The Morgan fingerprint density at radius 2 is 1.95 bits per heavy atom. The number of carbonyl (C=O) groups excluding carboxylic acids is 2. The summed E-state index contributed by atoms with van der Waals surface area (Å²) in [7, 11) is 1.33. The molecule has 2 N–H and O–H groups in total. The molecule has 6 nitrogen and oxygen atoms in total. The molecule has 1 heterocycles. The predicted octanol–water partition coefficient (Wildman–Crippen LogP) is 2.36. The summed E-state index contributed by atoms with van der Waals surface area (Å²) in [5.74, 6) is 1.94. The van der Waals surface area contributed by atoms with Crippen LogP contribution in [-0.4, -0.2) is 25.2 Å². The van der Waals surface area contributed by atoms with Gasteiger partial charge in [0.15, 0.2) is 0 Å². The second-order valence-electron chi connectivity index (χ2n) is 6.20. The molecule has 0 saturated heterocycles. The summed E-state index contributed by atoms with van der Waals surface area (Å²) < 4.78 is 10.1. The molecule has 3 rings (SSSR count). The number of urea groups is 1. The molecule has 0 bridgehead atoms. The molecule has 2 fully saturated rings. The fourth-order valence-electron chi connectivity index (χ4n) is 2.84. The van der Waals surface area contributed by atoms with Crippen LogP contribution in [0.3, 0.4) is 0 Å². The summed E-state index contributed by atoms with van der Waals surface area (Å²) in [4.78, 5) is 23.5. The zero-order chi connectivity index (χ0) is 15.7. The predicted molar refractivity (Wildman–Crippen MR) is 79.4 cm³/mol. The van der Waals surface area contributed by atoms with Crippen molar-refractivity contribution in [2.75, 3.05) is 7.11 Å². The van der Waals surface area contributed by atoms with Crippen LogP contribution in [0.5, 0.6) is 0 Å². The van der Waals surface area contributed by atoms with Crippen molar-refractivity contribution in [1.82, 2.24) is 10.6 Å². The van der Waals surface area contributed by atoms with Gasteiger partial charge in [0.25, 0.3) is 0 Å². The molecule has 1 aromatic heterocycles. The summed E-state index contributed by atoms with van der Waals surface area (Å²) in [6, 6.07) is 1.77. The molecule has 6 heteroatoms. The molecule has 120 valence electrons. The van der Waals surface area contributed by atoms with Crippen molar-refractivity contribution in [3.63, 3.8) is 0 Å². The molecule has 2 aliphatic rings. The smallest absolute Gasteiger partial charge is 0.341 e. The Bertz CT molecular complexity index is 561. The molecule has 0 atom stereocenters. The SMILES string of the molecule is COC(=O)c1cc(CNC(=O)NC(C2CC2)C2CC2)oc1C. The van der Waals surface area contributed by atoms with Gasteiger partial charge in [-0.3, -0.25) is 0 Å². The maximum atomic E-state index is 12.0. The van der Waals surface area contributed by atoms with Crippen LogP contribution in [0.2, 0.25) is 0 Å². The Morgan fingerprint density at radius 3 is 2.50 bits per heavy atom. The van der Waals surface area contributed by atoms with Gasteiger partial charge in [-0.15, -0.1) is 0 Å². The van der Waals surface area contributed by atoms with E-state index in [-0.39, 0.29) is 12.6 Å². The number of esters is 1. The highest BCUT2D eigenvalue weighted by Gasteiger charge is 2.42. The molecule has 0 spiro atoms. The third-order valence-corrected chi connectivity index (χ3v) is 4.35. The van der Waals surface area contributed by atoms with Gasteiger partial charge in [0.05, 0.1) is 13.7 Å². The molecule has 22 heavy (non-hydrogen) atoms. The molecular weight excluding hydrogens is 284 g/mol. The van der Waals surface area contributed by atoms with Crippen molar-refractivity contribution in [2.45, 2.75) is 45.2 Å². The minimum Gasteiger partial charge on any atom is -0.465 e. The van der Waals surface area contributed by atoms with Gasteiger partial charge < -0.3 is 19.8 Å². The fourth-order valence-corrected chi connectivity index (χ4v) is 2.84. The van der Waals surface area contributed by atoms with E-state index >= 15 is 0 Å². The first kappa shape index (κ1) is 14.9. The monoisotopic (exact) mass is 306 g/mol. The Balaban J connectivity index is 1.51. The molecule has 0 radical (unpaired) electrons. The quantitative estimate of drug-likeness (QED) is 0.791. The average molecular weight is 306 g/mol. The van der Waals surface area contributed by atoms with Crippen LogP contribution < -0.4 is 10.6 Å². The van der Waals surface area contributed by atoms with Crippen molar-refractivity contribution < 1.29 is 18.7 Å².